The summed E-state index contributed by atoms with van der Waals surface area (Å²) in [4.78, 5) is 16.1. The zero-order chi connectivity index (χ0) is 12.5. The molecule has 0 bridgehead atoms. The second-order valence-electron chi connectivity index (χ2n) is 4.51. The van der Waals surface area contributed by atoms with Crippen LogP contribution in [0.15, 0.2) is 54.4 Å². The maximum atomic E-state index is 10.8. The minimum Gasteiger partial charge on any atom is -0.369 e. The van der Waals surface area contributed by atoms with Crippen LogP contribution in [0.4, 0.5) is 0 Å². The van der Waals surface area contributed by atoms with Crippen molar-refractivity contribution in [1.82, 2.24) is 9.88 Å². The average Bonchev–Trinajstić information content (AvgIpc) is 2.82. The summed E-state index contributed by atoms with van der Waals surface area (Å²) in [6.07, 6.45) is 8.71. The van der Waals surface area contributed by atoms with E-state index in [1.165, 1.54) is 10.9 Å². The van der Waals surface area contributed by atoms with Crippen molar-refractivity contribution in [3.8, 4) is 0 Å². The summed E-state index contributed by atoms with van der Waals surface area (Å²) in [6.45, 7) is 0. The van der Waals surface area contributed by atoms with Crippen molar-refractivity contribution in [2.45, 2.75) is 6.04 Å². The van der Waals surface area contributed by atoms with Crippen molar-refractivity contribution in [2.75, 3.05) is 7.05 Å². The minimum atomic E-state index is 0.171. The number of carbonyl (C=O) groups is 1. The SMILES string of the molecule is CN1C=C(C=O)C=CC1c1c[nH]c2ccccc12. The first-order chi connectivity index (χ1) is 8.79. The van der Waals surface area contributed by atoms with E-state index in [-0.39, 0.29) is 6.04 Å². The van der Waals surface area contributed by atoms with E-state index < -0.39 is 0 Å². The molecule has 0 saturated carbocycles. The van der Waals surface area contributed by atoms with Gasteiger partial charge < -0.3 is 9.88 Å². The van der Waals surface area contributed by atoms with Crippen LogP contribution in [-0.4, -0.2) is 23.2 Å². The predicted molar refractivity (Wildman–Crippen MR) is 72.1 cm³/mol. The standard InChI is InChI=1S/C15H14N2O/c1-17-9-11(10-18)6-7-15(17)13-8-16-14-5-3-2-4-12(13)14/h2-10,15-16H,1H3. The Morgan fingerprint density at radius 2 is 2.17 bits per heavy atom. The highest BCUT2D eigenvalue weighted by atomic mass is 16.1. The summed E-state index contributed by atoms with van der Waals surface area (Å²) < 4.78 is 0. The Balaban J connectivity index is 2.04. The molecule has 1 unspecified atom stereocenters. The Hall–Kier alpha value is -2.29. The molecule has 0 radical (unpaired) electrons. The number of allylic oxidation sites excluding steroid dienone is 2. The number of aldehydes is 1. The highest BCUT2D eigenvalue weighted by Crippen LogP contribution is 2.31. The Kier molecular flexibility index (Phi) is 2.52. The molecule has 0 spiro atoms. The van der Waals surface area contributed by atoms with Crippen LogP contribution >= 0.6 is 0 Å². The van der Waals surface area contributed by atoms with Gasteiger partial charge in [-0.1, -0.05) is 30.4 Å². The van der Waals surface area contributed by atoms with Crippen LogP contribution in [0.1, 0.15) is 11.6 Å². The van der Waals surface area contributed by atoms with Crippen LogP contribution < -0.4 is 0 Å². The number of fused-ring (bicyclic) bond motifs is 1. The summed E-state index contributed by atoms with van der Waals surface area (Å²) in [6, 6.07) is 8.41. The van der Waals surface area contributed by atoms with Gasteiger partial charge in [0.1, 0.15) is 0 Å². The first-order valence-corrected chi connectivity index (χ1v) is 5.93. The number of aromatic amines is 1. The van der Waals surface area contributed by atoms with Crippen LogP contribution in [0.25, 0.3) is 10.9 Å². The lowest BCUT2D eigenvalue weighted by Crippen LogP contribution is -2.20. The van der Waals surface area contributed by atoms with Gasteiger partial charge in [0.2, 0.25) is 0 Å². The summed E-state index contributed by atoms with van der Waals surface area (Å²) in [5, 5.41) is 1.22. The van der Waals surface area contributed by atoms with Crippen LogP contribution in [0, 0.1) is 0 Å². The number of carbonyl (C=O) groups excluding carboxylic acids is 1. The van der Waals surface area contributed by atoms with E-state index in [1.807, 2.05) is 37.7 Å². The molecule has 90 valence electrons. The van der Waals surface area contributed by atoms with Crippen LogP contribution in [0.5, 0.6) is 0 Å². The van der Waals surface area contributed by atoms with Crippen LogP contribution in [-0.2, 0) is 4.79 Å². The van der Waals surface area contributed by atoms with E-state index in [9.17, 15) is 4.79 Å². The fourth-order valence-corrected chi connectivity index (χ4v) is 2.43. The highest BCUT2D eigenvalue weighted by Gasteiger charge is 2.18. The number of benzene rings is 1. The molecule has 0 amide bonds. The maximum absolute atomic E-state index is 10.8. The first-order valence-electron chi connectivity index (χ1n) is 5.93. The van der Waals surface area contributed by atoms with Crippen molar-refractivity contribution >= 4 is 17.2 Å². The number of likely N-dealkylation sites (N-methyl/N-ethyl adjacent to an activating group) is 1. The normalized spacial score (nSPS) is 19.1. The highest BCUT2D eigenvalue weighted by molar-refractivity contribution is 5.84. The molecule has 3 nitrogen and oxygen atoms in total. The third-order valence-corrected chi connectivity index (χ3v) is 3.34. The fourth-order valence-electron chi connectivity index (χ4n) is 2.43. The number of para-hydroxylation sites is 1. The van der Waals surface area contributed by atoms with Crippen molar-refractivity contribution in [3.05, 3.63) is 60.0 Å². The topological polar surface area (TPSA) is 36.1 Å². The van der Waals surface area contributed by atoms with Gasteiger partial charge in [0.15, 0.2) is 6.29 Å². The molecule has 0 saturated heterocycles. The summed E-state index contributed by atoms with van der Waals surface area (Å²) >= 11 is 0. The molecule has 18 heavy (non-hydrogen) atoms. The molecule has 1 aromatic heterocycles. The largest absolute Gasteiger partial charge is 0.369 e. The molecular formula is C15H14N2O. The molecule has 1 aliphatic heterocycles. The molecule has 1 aromatic carbocycles. The number of hydrogen-bond acceptors (Lipinski definition) is 2. The number of nitrogens with zero attached hydrogens (tertiary/aromatic N) is 1. The molecule has 1 aliphatic rings. The molecule has 3 heteroatoms. The van der Waals surface area contributed by atoms with Crippen LogP contribution in [0.3, 0.4) is 0 Å². The lowest BCUT2D eigenvalue weighted by atomic mass is 10.0. The van der Waals surface area contributed by atoms with E-state index in [0.717, 1.165) is 11.8 Å². The maximum Gasteiger partial charge on any atom is 0.151 e. The van der Waals surface area contributed by atoms with Gasteiger partial charge in [-0.05, 0) is 6.07 Å². The number of hydrogen-bond donors (Lipinski definition) is 1. The van der Waals surface area contributed by atoms with Gasteiger partial charge in [-0.3, -0.25) is 4.79 Å². The van der Waals surface area contributed by atoms with Gasteiger partial charge in [0, 0.05) is 41.5 Å². The lowest BCUT2D eigenvalue weighted by molar-refractivity contribution is -0.104. The van der Waals surface area contributed by atoms with Gasteiger partial charge in [0.25, 0.3) is 0 Å². The van der Waals surface area contributed by atoms with Crippen molar-refractivity contribution in [2.24, 2.45) is 0 Å². The molecular weight excluding hydrogens is 224 g/mol. The number of aromatic nitrogens is 1. The zero-order valence-electron chi connectivity index (χ0n) is 10.1. The van der Waals surface area contributed by atoms with Gasteiger partial charge in [-0.2, -0.15) is 0 Å². The molecule has 1 N–H and O–H groups in total. The summed E-state index contributed by atoms with van der Waals surface area (Å²) in [5.41, 5.74) is 3.07. The van der Waals surface area contributed by atoms with Crippen molar-refractivity contribution < 1.29 is 4.79 Å². The molecule has 2 heterocycles. The Bertz CT molecular complexity index is 651. The molecule has 3 rings (SSSR count). The average molecular weight is 238 g/mol. The molecule has 0 fully saturated rings. The van der Waals surface area contributed by atoms with Gasteiger partial charge in [-0.15, -0.1) is 0 Å². The smallest absolute Gasteiger partial charge is 0.151 e. The fraction of sp³-hybridized carbons (Fsp3) is 0.133. The molecule has 0 aliphatic carbocycles. The van der Waals surface area contributed by atoms with Crippen molar-refractivity contribution in [1.29, 1.82) is 0 Å². The first kappa shape index (κ1) is 10.8. The minimum absolute atomic E-state index is 0.171. The Labute approximate surface area is 105 Å². The van der Waals surface area contributed by atoms with Crippen molar-refractivity contribution in [3.63, 3.8) is 0 Å². The van der Waals surface area contributed by atoms with E-state index >= 15 is 0 Å². The third-order valence-electron chi connectivity index (χ3n) is 3.34. The summed E-state index contributed by atoms with van der Waals surface area (Å²) in [7, 11) is 1.99. The quantitative estimate of drug-likeness (QED) is 0.817. The summed E-state index contributed by atoms with van der Waals surface area (Å²) in [5.74, 6) is 0. The van der Waals surface area contributed by atoms with Gasteiger partial charge in [-0.25, -0.2) is 0 Å². The van der Waals surface area contributed by atoms with E-state index in [0.29, 0.717) is 5.57 Å². The Morgan fingerprint density at radius 3 is 2.94 bits per heavy atom. The predicted octanol–water partition coefficient (Wildman–Crippen LogP) is 2.79. The number of nitrogens with one attached hydrogen (secondary N) is 1. The lowest BCUT2D eigenvalue weighted by Gasteiger charge is -2.27. The second kappa shape index (κ2) is 4.18. The zero-order valence-corrected chi connectivity index (χ0v) is 10.1. The Morgan fingerprint density at radius 1 is 1.33 bits per heavy atom. The van der Waals surface area contributed by atoms with E-state index in [1.54, 1.807) is 0 Å². The van der Waals surface area contributed by atoms with Gasteiger partial charge in [0.05, 0.1) is 6.04 Å². The monoisotopic (exact) mass is 238 g/mol. The third kappa shape index (κ3) is 1.64. The van der Waals surface area contributed by atoms with E-state index in [4.69, 9.17) is 0 Å². The van der Waals surface area contributed by atoms with E-state index in [2.05, 4.69) is 28.1 Å². The second-order valence-corrected chi connectivity index (χ2v) is 4.51. The molecule has 1 atom stereocenters. The number of rotatable bonds is 2. The van der Waals surface area contributed by atoms with Gasteiger partial charge >= 0.3 is 0 Å². The number of H-pyrrole nitrogens is 1. The molecule has 2 aromatic rings. The van der Waals surface area contributed by atoms with Crippen LogP contribution in [0.2, 0.25) is 0 Å².